The fraction of sp³-hybridized carbons (Fsp3) is 0. The summed E-state index contributed by atoms with van der Waals surface area (Å²) in [6.45, 7) is 0. The molecule has 0 unspecified atom stereocenters. The second kappa shape index (κ2) is 3.70. The monoisotopic (exact) mass is 239 g/mol. The van der Waals surface area contributed by atoms with Gasteiger partial charge in [0.05, 0.1) is 16.6 Å². The molecule has 0 saturated heterocycles. The third-order valence-electron chi connectivity index (χ3n) is 3.07. The Kier molecular flexibility index (Phi) is 2.16. The number of aromatic nitrogens is 1. The molecule has 0 atom stereocenters. The van der Waals surface area contributed by atoms with Crippen LogP contribution in [0.3, 0.4) is 0 Å². The van der Waals surface area contributed by atoms with Crippen molar-refractivity contribution in [3.63, 3.8) is 0 Å². The highest BCUT2D eigenvalue weighted by Crippen LogP contribution is 2.28. The Balaban J connectivity index is 2.51. The lowest BCUT2D eigenvalue weighted by Gasteiger charge is -2.00. The number of aromatic carboxylic acids is 1. The van der Waals surface area contributed by atoms with E-state index in [1.807, 2.05) is 24.3 Å². The van der Waals surface area contributed by atoms with Gasteiger partial charge in [0, 0.05) is 16.3 Å². The lowest BCUT2D eigenvalue weighted by atomic mass is 10.0. The van der Waals surface area contributed by atoms with Gasteiger partial charge in [0.2, 0.25) is 0 Å². The SMILES string of the molecule is O=Cc1c(C(=O)O)ccc2c1[nH]c1ccccc12. The molecular weight excluding hydrogens is 230 g/mol. The molecule has 0 spiro atoms. The standard InChI is InChI=1S/C14H9NO3/c16-7-11-10(14(17)18)6-5-9-8-3-1-2-4-12(8)15-13(9)11/h1-7,15H,(H,17,18). The number of aromatic amines is 1. The minimum absolute atomic E-state index is 0.0176. The van der Waals surface area contributed by atoms with Crippen molar-refractivity contribution in [2.45, 2.75) is 0 Å². The maximum absolute atomic E-state index is 11.1. The van der Waals surface area contributed by atoms with Crippen LogP contribution < -0.4 is 0 Å². The normalized spacial score (nSPS) is 10.9. The van der Waals surface area contributed by atoms with E-state index in [9.17, 15) is 9.59 Å². The predicted octanol–water partition coefficient (Wildman–Crippen LogP) is 2.83. The van der Waals surface area contributed by atoms with Crippen LogP contribution in [0.2, 0.25) is 0 Å². The molecule has 0 radical (unpaired) electrons. The van der Waals surface area contributed by atoms with Gasteiger partial charge in [0.15, 0.2) is 6.29 Å². The van der Waals surface area contributed by atoms with Crippen LogP contribution in [0.25, 0.3) is 21.8 Å². The molecule has 0 bridgehead atoms. The Bertz CT molecular complexity index is 786. The second-order valence-corrected chi connectivity index (χ2v) is 4.04. The molecular formula is C14H9NO3. The number of H-pyrrole nitrogens is 1. The number of nitrogens with one attached hydrogen (secondary N) is 1. The number of para-hydroxylation sites is 1. The van der Waals surface area contributed by atoms with Crippen LogP contribution in [0, 0.1) is 0 Å². The molecule has 1 aromatic heterocycles. The Morgan fingerprint density at radius 2 is 1.89 bits per heavy atom. The van der Waals surface area contributed by atoms with Crippen LogP contribution >= 0.6 is 0 Å². The van der Waals surface area contributed by atoms with Crippen molar-refractivity contribution in [2.24, 2.45) is 0 Å². The zero-order chi connectivity index (χ0) is 12.7. The maximum Gasteiger partial charge on any atom is 0.336 e. The van der Waals surface area contributed by atoms with Crippen molar-refractivity contribution in [3.8, 4) is 0 Å². The molecule has 3 aromatic rings. The first-order valence-electron chi connectivity index (χ1n) is 5.44. The molecule has 0 aliphatic heterocycles. The van der Waals surface area contributed by atoms with Crippen LogP contribution in [0.15, 0.2) is 36.4 Å². The van der Waals surface area contributed by atoms with Gasteiger partial charge in [-0.1, -0.05) is 24.3 Å². The summed E-state index contributed by atoms with van der Waals surface area (Å²) >= 11 is 0. The van der Waals surface area contributed by atoms with Gasteiger partial charge in [-0.15, -0.1) is 0 Å². The Hall–Kier alpha value is -2.62. The molecule has 0 saturated carbocycles. The van der Waals surface area contributed by atoms with E-state index in [2.05, 4.69) is 4.98 Å². The second-order valence-electron chi connectivity index (χ2n) is 4.04. The van der Waals surface area contributed by atoms with Crippen molar-refractivity contribution >= 4 is 34.1 Å². The zero-order valence-electron chi connectivity index (χ0n) is 9.31. The Labute approximate surface area is 102 Å². The number of benzene rings is 2. The Morgan fingerprint density at radius 3 is 2.61 bits per heavy atom. The van der Waals surface area contributed by atoms with Gasteiger partial charge in [-0.25, -0.2) is 4.79 Å². The number of aldehydes is 1. The van der Waals surface area contributed by atoms with E-state index in [-0.39, 0.29) is 11.1 Å². The van der Waals surface area contributed by atoms with Crippen molar-refractivity contribution in [1.82, 2.24) is 4.98 Å². The van der Waals surface area contributed by atoms with Gasteiger partial charge in [-0.2, -0.15) is 0 Å². The largest absolute Gasteiger partial charge is 0.478 e. The summed E-state index contributed by atoms with van der Waals surface area (Å²) in [5.41, 5.74) is 1.67. The molecule has 0 amide bonds. The first kappa shape index (κ1) is 10.5. The van der Waals surface area contributed by atoms with E-state index in [1.165, 1.54) is 6.07 Å². The van der Waals surface area contributed by atoms with Crippen LogP contribution in [0.4, 0.5) is 0 Å². The van der Waals surface area contributed by atoms with E-state index in [4.69, 9.17) is 5.11 Å². The van der Waals surface area contributed by atoms with Crippen molar-refractivity contribution in [1.29, 1.82) is 0 Å². The predicted molar refractivity (Wildman–Crippen MR) is 68.2 cm³/mol. The number of hydrogen-bond acceptors (Lipinski definition) is 2. The lowest BCUT2D eigenvalue weighted by molar-refractivity contribution is 0.0694. The number of carbonyl (C=O) groups is 2. The highest BCUT2D eigenvalue weighted by molar-refractivity contribution is 6.15. The van der Waals surface area contributed by atoms with E-state index in [0.717, 1.165) is 16.3 Å². The number of rotatable bonds is 2. The lowest BCUT2D eigenvalue weighted by Crippen LogP contribution is -2.02. The van der Waals surface area contributed by atoms with E-state index < -0.39 is 5.97 Å². The van der Waals surface area contributed by atoms with Crippen LogP contribution in [-0.4, -0.2) is 22.3 Å². The Morgan fingerprint density at radius 1 is 1.11 bits per heavy atom. The number of carboxylic acid groups (broad SMARTS) is 1. The molecule has 0 fully saturated rings. The maximum atomic E-state index is 11.1. The zero-order valence-corrected chi connectivity index (χ0v) is 9.31. The first-order chi connectivity index (χ1) is 8.72. The molecule has 88 valence electrons. The van der Waals surface area contributed by atoms with Gasteiger partial charge in [0.1, 0.15) is 0 Å². The molecule has 0 aliphatic rings. The quantitative estimate of drug-likeness (QED) is 0.675. The number of carboxylic acids is 1. The highest BCUT2D eigenvalue weighted by Gasteiger charge is 2.15. The van der Waals surface area contributed by atoms with Gasteiger partial charge in [-0.05, 0) is 12.1 Å². The van der Waals surface area contributed by atoms with Crippen LogP contribution in [0.1, 0.15) is 20.7 Å². The summed E-state index contributed by atoms with van der Waals surface area (Å²) in [6.07, 6.45) is 0.584. The van der Waals surface area contributed by atoms with E-state index >= 15 is 0 Å². The molecule has 4 nitrogen and oxygen atoms in total. The number of carbonyl (C=O) groups excluding carboxylic acids is 1. The third-order valence-corrected chi connectivity index (χ3v) is 3.07. The van der Waals surface area contributed by atoms with Crippen molar-refractivity contribution < 1.29 is 14.7 Å². The summed E-state index contributed by atoms with van der Waals surface area (Å²) in [7, 11) is 0. The summed E-state index contributed by atoms with van der Waals surface area (Å²) in [6, 6.07) is 10.8. The summed E-state index contributed by atoms with van der Waals surface area (Å²) in [4.78, 5) is 25.3. The molecule has 1 heterocycles. The fourth-order valence-electron chi connectivity index (χ4n) is 2.25. The first-order valence-corrected chi connectivity index (χ1v) is 5.44. The fourth-order valence-corrected chi connectivity index (χ4v) is 2.25. The third kappa shape index (κ3) is 1.32. The topological polar surface area (TPSA) is 70.2 Å². The number of fused-ring (bicyclic) bond motifs is 3. The van der Waals surface area contributed by atoms with Crippen LogP contribution in [0.5, 0.6) is 0 Å². The average Bonchev–Trinajstić information content (AvgIpc) is 2.75. The van der Waals surface area contributed by atoms with Gasteiger partial charge in [0.25, 0.3) is 0 Å². The summed E-state index contributed by atoms with van der Waals surface area (Å²) in [5, 5.41) is 10.9. The number of hydrogen-bond donors (Lipinski definition) is 2. The minimum atomic E-state index is -1.10. The van der Waals surface area contributed by atoms with Gasteiger partial charge in [-0.3, -0.25) is 4.79 Å². The van der Waals surface area contributed by atoms with E-state index in [1.54, 1.807) is 6.07 Å². The molecule has 3 rings (SSSR count). The summed E-state index contributed by atoms with van der Waals surface area (Å²) < 4.78 is 0. The molecule has 2 aromatic carbocycles. The van der Waals surface area contributed by atoms with Gasteiger partial charge < -0.3 is 10.1 Å². The molecule has 4 heteroatoms. The molecule has 2 N–H and O–H groups in total. The average molecular weight is 239 g/mol. The minimum Gasteiger partial charge on any atom is -0.478 e. The molecule has 0 aliphatic carbocycles. The molecule has 18 heavy (non-hydrogen) atoms. The van der Waals surface area contributed by atoms with Crippen LogP contribution in [-0.2, 0) is 0 Å². The van der Waals surface area contributed by atoms with Gasteiger partial charge >= 0.3 is 5.97 Å². The van der Waals surface area contributed by atoms with E-state index in [0.29, 0.717) is 11.8 Å². The van der Waals surface area contributed by atoms with Crippen molar-refractivity contribution in [3.05, 3.63) is 47.5 Å². The summed E-state index contributed by atoms with van der Waals surface area (Å²) in [5.74, 6) is -1.10. The van der Waals surface area contributed by atoms with Crippen molar-refractivity contribution in [2.75, 3.05) is 0 Å². The smallest absolute Gasteiger partial charge is 0.336 e. The highest BCUT2D eigenvalue weighted by atomic mass is 16.4.